The van der Waals surface area contributed by atoms with Crippen LogP contribution in [0.25, 0.3) is 0 Å². The maximum absolute atomic E-state index is 5.36. The van der Waals surface area contributed by atoms with Gasteiger partial charge in [0.2, 0.25) is 0 Å². The molecule has 1 N–H and O–H groups in total. The minimum Gasteiger partial charge on any atom is -0.497 e. The van der Waals surface area contributed by atoms with Gasteiger partial charge < -0.3 is 10.1 Å². The van der Waals surface area contributed by atoms with Gasteiger partial charge in [-0.05, 0) is 43.1 Å². The van der Waals surface area contributed by atoms with Gasteiger partial charge in [0.15, 0.2) is 0 Å². The fourth-order valence-electron chi connectivity index (χ4n) is 1.83. The molecule has 0 aromatic heterocycles. The van der Waals surface area contributed by atoms with Gasteiger partial charge in [0.1, 0.15) is 5.75 Å². The van der Waals surface area contributed by atoms with Crippen molar-refractivity contribution < 1.29 is 4.74 Å². The van der Waals surface area contributed by atoms with E-state index in [1.165, 1.54) is 5.56 Å². The van der Waals surface area contributed by atoms with Crippen molar-refractivity contribution in [1.82, 2.24) is 5.32 Å². The van der Waals surface area contributed by atoms with E-state index >= 15 is 0 Å². The summed E-state index contributed by atoms with van der Waals surface area (Å²) in [6, 6.07) is 6.30. The monoisotopic (exact) mass is 309 g/mol. The molecule has 0 radical (unpaired) electrons. The Morgan fingerprint density at radius 3 is 2.89 bits per heavy atom. The van der Waals surface area contributed by atoms with Crippen molar-refractivity contribution in [1.29, 1.82) is 0 Å². The van der Waals surface area contributed by atoms with Crippen LogP contribution >= 0.6 is 15.9 Å². The molecule has 18 heavy (non-hydrogen) atoms. The van der Waals surface area contributed by atoms with E-state index in [1.54, 1.807) is 7.11 Å². The van der Waals surface area contributed by atoms with Crippen molar-refractivity contribution in [3.05, 3.63) is 28.2 Å². The van der Waals surface area contributed by atoms with Gasteiger partial charge in [-0.2, -0.15) is 0 Å². The van der Waals surface area contributed by atoms with Gasteiger partial charge in [0.05, 0.1) is 7.11 Å². The molecule has 0 heterocycles. The third kappa shape index (κ3) is 4.36. The van der Waals surface area contributed by atoms with Crippen LogP contribution in [0.4, 0.5) is 0 Å². The quantitative estimate of drug-likeness (QED) is 0.771. The molecule has 0 fully saturated rings. The third-order valence-electron chi connectivity index (χ3n) is 2.80. The van der Waals surface area contributed by atoms with E-state index in [1.807, 2.05) is 12.1 Å². The van der Waals surface area contributed by atoms with Crippen molar-refractivity contribution in [2.75, 3.05) is 13.7 Å². The lowest BCUT2D eigenvalue weighted by Gasteiger charge is -2.20. The molecule has 0 saturated heterocycles. The van der Waals surface area contributed by atoms with E-state index in [0.29, 0.717) is 0 Å². The third-order valence-corrected chi connectivity index (χ3v) is 3.52. The highest BCUT2D eigenvalue weighted by Gasteiger charge is 2.14. The van der Waals surface area contributed by atoms with Crippen LogP contribution in [0.3, 0.4) is 0 Å². The van der Waals surface area contributed by atoms with Gasteiger partial charge in [-0.25, -0.2) is 0 Å². The van der Waals surface area contributed by atoms with Crippen LogP contribution in [0.15, 0.2) is 22.7 Å². The smallest absolute Gasteiger partial charge is 0.119 e. The van der Waals surface area contributed by atoms with Crippen molar-refractivity contribution in [2.45, 2.75) is 32.2 Å². The van der Waals surface area contributed by atoms with Gasteiger partial charge >= 0.3 is 0 Å². The first-order valence-corrected chi connectivity index (χ1v) is 7.02. The fourth-order valence-corrected chi connectivity index (χ4v) is 2.35. The van der Waals surface area contributed by atoms with Crippen LogP contribution in [0, 0.1) is 12.3 Å². The van der Waals surface area contributed by atoms with E-state index in [-0.39, 0.29) is 6.04 Å². The summed E-state index contributed by atoms with van der Waals surface area (Å²) in [5, 5.41) is 3.53. The number of terminal acetylenes is 1. The van der Waals surface area contributed by atoms with Crippen molar-refractivity contribution in [3.8, 4) is 18.1 Å². The molecule has 2 nitrogen and oxygen atoms in total. The molecular weight excluding hydrogens is 290 g/mol. The topological polar surface area (TPSA) is 21.3 Å². The molecule has 0 spiro atoms. The Morgan fingerprint density at radius 2 is 2.28 bits per heavy atom. The Balaban J connectivity index is 2.91. The normalized spacial score (nSPS) is 11.9. The molecule has 0 saturated carbocycles. The number of hydrogen-bond donors (Lipinski definition) is 1. The van der Waals surface area contributed by atoms with Crippen LogP contribution in [0.5, 0.6) is 5.75 Å². The average Bonchev–Trinajstić information content (AvgIpc) is 2.40. The fraction of sp³-hybridized carbons (Fsp3) is 0.467. The zero-order valence-corrected chi connectivity index (χ0v) is 12.6. The second-order valence-electron chi connectivity index (χ2n) is 4.14. The molecule has 1 atom stereocenters. The Bertz CT molecular complexity index is 411. The zero-order valence-electron chi connectivity index (χ0n) is 11.0. The molecule has 98 valence electrons. The van der Waals surface area contributed by atoms with Crippen LogP contribution in [0.2, 0.25) is 0 Å². The Kier molecular flexibility index (Phi) is 6.85. The summed E-state index contributed by atoms with van der Waals surface area (Å²) in [5.41, 5.74) is 1.21. The highest BCUT2D eigenvalue weighted by molar-refractivity contribution is 9.10. The van der Waals surface area contributed by atoms with E-state index in [2.05, 4.69) is 40.2 Å². The lowest BCUT2D eigenvalue weighted by Crippen LogP contribution is -2.22. The molecule has 3 heteroatoms. The van der Waals surface area contributed by atoms with E-state index in [9.17, 15) is 0 Å². The van der Waals surface area contributed by atoms with Gasteiger partial charge in [0.25, 0.3) is 0 Å². The molecule has 1 aromatic carbocycles. The molecule has 0 aliphatic rings. The van der Waals surface area contributed by atoms with Crippen LogP contribution in [-0.2, 0) is 0 Å². The van der Waals surface area contributed by atoms with Gasteiger partial charge in [-0.3, -0.25) is 0 Å². The lowest BCUT2D eigenvalue weighted by molar-refractivity contribution is 0.412. The van der Waals surface area contributed by atoms with E-state index in [0.717, 1.165) is 36.0 Å². The Labute approximate surface area is 118 Å². The molecule has 1 aromatic rings. The summed E-state index contributed by atoms with van der Waals surface area (Å²) in [6.07, 6.45) is 8.17. The number of nitrogens with one attached hydrogen (secondary N) is 1. The van der Waals surface area contributed by atoms with Crippen molar-refractivity contribution in [2.24, 2.45) is 0 Å². The zero-order chi connectivity index (χ0) is 13.4. The second-order valence-corrected chi connectivity index (χ2v) is 4.99. The van der Waals surface area contributed by atoms with Crippen LogP contribution in [-0.4, -0.2) is 13.7 Å². The largest absolute Gasteiger partial charge is 0.497 e. The lowest BCUT2D eigenvalue weighted by atomic mass is 10.0. The molecule has 1 rings (SSSR count). The minimum atomic E-state index is 0.269. The highest BCUT2D eigenvalue weighted by Crippen LogP contribution is 2.30. The summed E-state index contributed by atoms with van der Waals surface area (Å²) >= 11 is 3.60. The summed E-state index contributed by atoms with van der Waals surface area (Å²) in [4.78, 5) is 0. The number of benzene rings is 1. The molecular formula is C15H20BrNO. The van der Waals surface area contributed by atoms with Crippen LogP contribution in [0.1, 0.15) is 37.8 Å². The van der Waals surface area contributed by atoms with Gasteiger partial charge in [-0.1, -0.05) is 22.9 Å². The molecule has 0 bridgehead atoms. The predicted molar refractivity (Wildman–Crippen MR) is 79.8 cm³/mol. The summed E-state index contributed by atoms with van der Waals surface area (Å²) < 4.78 is 6.37. The first-order chi connectivity index (χ1) is 8.72. The molecule has 1 unspecified atom stereocenters. The van der Waals surface area contributed by atoms with E-state index < -0.39 is 0 Å². The first kappa shape index (κ1) is 15.1. The molecule has 0 aliphatic heterocycles. The minimum absolute atomic E-state index is 0.269. The van der Waals surface area contributed by atoms with Gasteiger partial charge in [-0.15, -0.1) is 12.3 Å². The number of halogens is 1. The first-order valence-electron chi connectivity index (χ1n) is 6.23. The predicted octanol–water partition coefficient (Wildman–Crippen LogP) is 3.91. The SMILES string of the molecule is C#CCCC(NCCC)c1cc(OC)ccc1Br. The van der Waals surface area contributed by atoms with Gasteiger partial charge in [0, 0.05) is 16.9 Å². The average molecular weight is 310 g/mol. The Hall–Kier alpha value is -0.980. The molecule has 0 amide bonds. The highest BCUT2D eigenvalue weighted by atomic mass is 79.9. The Morgan fingerprint density at radius 1 is 1.50 bits per heavy atom. The second kappa shape index (κ2) is 8.18. The summed E-state index contributed by atoms with van der Waals surface area (Å²) in [7, 11) is 1.68. The number of rotatable bonds is 7. The standard InChI is InChI=1S/C15H20BrNO/c1-4-6-7-15(17-10-5-2)13-11-12(18-3)8-9-14(13)16/h1,8-9,11,15,17H,5-7,10H2,2-3H3. The van der Waals surface area contributed by atoms with E-state index in [4.69, 9.17) is 11.2 Å². The summed E-state index contributed by atoms with van der Waals surface area (Å²) in [5.74, 6) is 3.58. The molecule has 0 aliphatic carbocycles. The van der Waals surface area contributed by atoms with Crippen LogP contribution < -0.4 is 10.1 Å². The number of hydrogen-bond acceptors (Lipinski definition) is 2. The van der Waals surface area contributed by atoms with Crippen molar-refractivity contribution >= 4 is 15.9 Å². The number of methoxy groups -OCH3 is 1. The maximum Gasteiger partial charge on any atom is 0.119 e. The number of ether oxygens (including phenoxy) is 1. The summed E-state index contributed by atoms with van der Waals surface area (Å²) in [6.45, 7) is 3.14. The maximum atomic E-state index is 5.36. The van der Waals surface area contributed by atoms with Crippen molar-refractivity contribution in [3.63, 3.8) is 0 Å².